The molecule has 0 amide bonds. The molecule has 0 aromatic carbocycles. The number of halogens is 4. The van der Waals surface area contributed by atoms with Crippen LogP contribution in [0.4, 0.5) is 17.6 Å². The third kappa shape index (κ3) is 1.12. The number of hydrogen-bond acceptors (Lipinski definition) is 0. The Kier molecular flexibility index (Phi) is 2.13. The van der Waals surface area contributed by atoms with Crippen LogP contribution in [0, 0.1) is 11.8 Å². The van der Waals surface area contributed by atoms with Gasteiger partial charge in [-0.15, -0.1) is 0 Å². The summed E-state index contributed by atoms with van der Waals surface area (Å²) < 4.78 is 49.3. The van der Waals surface area contributed by atoms with Crippen LogP contribution in [0.5, 0.6) is 0 Å². The summed E-state index contributed by atoms with van der Waals surface area (Å²) in [5.74, 6) is -8.84. The van der Waals surface area contributed by atoms with Crippen molar-refractivity contribution in [2.24, 2.45) is 11.8 Å². The fourth-order valence-electron chi connectivity index (χ4n) is 1.65. The van der Waals surface area contributed by atoms with Crippen LogP contribution in [0.3, 0.4) is 0 Å². The zero-order valence-electron chi connectivity index (χ0n) is 7.08. The number of rotatable bonds is 0. The van der Waals surface area contributed by atoms with Crippen LogP contribution in [0.25, 0.3) is 0 Å². The van der Waals surface area contributed by atoms with E-state index >= 15 is 0 Å². The van der Waals surface area contributed by atoms with E-state index in [2.05, 4.69) is 0 Å². The third-order valence-electron chi connectivity index (χ3n) is 2.39. The fourth-order valence-corrected chi connectivity index (χ4v) is 1.65. The van der Waals surface area contributed by atoms with Gasteiger partial charge in [0, 0.05) is 12.3 Å². The first-order chi connectivity index (χ1) is 5.45. The maximum Gasteiger partial charge on any atom is 0.313 e. The van der Waals surface area contributed by atoms with Crippen molar-refractivity contribution in [1.29, 1.82) is 0 Å². The van der Waals surface area contributed by atoms with Crippen molar-refractivity contribution in [3.63, 3.8) is 0 Å². The molecule has 2 atom stereocenters. The highest BCUT2D eigenvalue weighted by Gasteiger charge is 2.75. The standard InChI is InChI=1S/C6H6F4.C2H6/c7-5(8)2-3-1-4(3)6(5,9)10;1-2/h3-4H,1-2H2;1-2H3. The number of fused-ring (bicyclic) bond motifs is 1. The molecule has 0 aromatic rings. The van der Waals surface area contributed by atoms with Gasteiger partial charge >= 0.3 is 11.8 Å². The van der Waals surface area contributed by atoms with Crippen LogP contribution < -0.4 is 0 Å². The van der Waals surface area contributed by atoms with E-state index in [1.54, 1.807) is 0 Å². The Morgan fingerprint density at radius 1 is 1.08 bits per heavy atom. The second kappa shape index (κ2) is 2.60. The zero-order valence-corrected chi connectivity index (χ0v) is 7.08. The molecule has 0 saturated heterocycles. The Hall–Kier alpha value is -0.280. The van der Waals surface area contributed by atoms with E-state index in [0.29, 0.717) is 6.42 Å². The smallest absolute Gasteiger partial charge is 0.200 e. The van der Waals surface area contributed by atoms with Gasteiger partial charge in [-0.1, -0.05) is 13.8 Å². The van der Waals surface area contributed by atoms with Crippen molar-refractivity contribution >= 4 is 0 Å². The molecule has 0 N–H and O–H groups in total. The van der Waals surface area contributed by atoms with E-state index in [-0.39, 0.29) is 0 Å². The molecule has 0 heterocycles. The van der Waals surface area contributed by atoms with Gasteiger partial charge in [-0.3, -0.25) is 0 Å². The van der Waals surface area contributed by atoms with Gasteiger partial charge in [0.2, 0.25) is 0 Å². The quantitative estimate of drug-likeness (QED) is 0.506. The first-order valence-corrected chi connectivity index (χ1v) is 4.21. The summed E-state index contributed by atoms with van der Waals surface area (Å²) in [7, 11) is 0. The first-order valence-electron chi connectivity index (χ1n) is 4.21. The van der Waals surface area contributed by atoms with Gasteiger partial charge in [-0.25, -0.2) is 0 Å². The molecule has 2 aliphatic rings. The van der Waals surface area contributed by atoms with Crippen molar-refractivity contribution in [3.05, 3.63) is 0 Å². The van der Waals surface area contributed by atoms with Crippen LogP contribution in [0.2, 0.25) is 0 Å². The van der Waals surface area contributed by atoms with Gasteiger partial charge in [-0.05, 0) is 12.3 Å². The van der Waals surface area contributed by atoms with E-state index in [4.69, 9.17) is 0 Å². The van der Waals surface area contributed by atoms with Crippen LogP contribution in [0.1, 0.15) is 26.7 Å². The van der Waals surface area contributed by atoms with Crippen LogP contribution in [0.15, 0.2) is 0 Å². The van der Waals surface area contributed by atoms with Gasteiger partial charge in [0.25, 0.3) is 0 Å². The normalized spacial score (nSPS) is 39.5. The summed E-state index contributed by atoms with van der Waals surface area (Å²) in [5, 5.41) is 0. The monoisotopic (exact) mass is 184 g/mol. The summed E-state index contributed by atoms with van der Waals surface area (Å²) in [6, 6.07) is 0. The summed E-state index contributed by atoms with van der Waals surface area (Å²) in [5.41, 5.74) is 0. The lowest BCUT2D eigenvalue weighted by Gasteiger charge is -2.20. The molecular formula is C8H12F4. The lowest BCUT2D eigenvalue weighted by Crippen LogP contribution is -2.37. The van der Waals surface area contributed by atoms with Crippen molar-refractivity contribution < 1.29 is 17.6 Å². The highest BCUT2D eigenvalue weighted by atomic mass is 19.3. The van der Waals surface area contributed by atoms with Gasteiger partial charge in [0.1, 0.15) is 0 Å². The zero-order chi connectivity index (χ0) is 9.57. The molecule has 2 fully saturated rings. The fraction of sp³-hybridized carbons (Fsp3) is 1.00. The minimum absolute atomic E-state index is 0.294. The molecule has 2 unspecified atom stereocenters. The van der Waals surface area contributed by atoms with Crippen molar-refractivity contribution in [3.8, 4) is 0 Å². The molecule has 0 radical (unpaired) electrons. The van der Waals surface area contributed by atoms with E-state index in [1.807, 2.05) is 13.8 Å². The average Bonchev–Trinajstić information content (AvgIpc) is 2.67. The minimum Gasteiger partial charge on any atom is -0.200 e. The number of alkyl halides is 4. The molecule has 12 heavy (non-hydrogen) atoms. The highest BCUT2D eigenvalue weighted by molar-refractivity contribution is 5.11. The summed E-state index contributed by atoms with van der Waals surface area (Å²) in [4.78, 5) is 0. The predicted octanol–water partition coefficient (Wildman–Crippen LogP) is 3.32. The Morgan fingerprint density at radius 3 is 1.75 bits per heavy atom. The summed E-state index contributed by atoms with van der Waals surface area (Å²) >= 11 is 0. The molecule has 2 saturated carbocycles. The topological polar surface area (TPSA) is 0 Å². The van der Waals surface area contributed by atoms with Crippen molar-refractivity contribution in [2.75, 3.05) is 0 Å². The molecule has 0 aromatic heterocycles. The average molecular weight is 184 g/mol. The third-order valence-corrected chi connectivity index (χ3v) is 2.39. The Labute approximate surface area is 69.0 Å². The maximum absolute atomic E-state index is 12.4. The predicted molar refractivity (Wildman–Crippen MR) is 37.5 cm³/mol. The lowest BCUT2D eigenvalue weighted by molar-refractivity contribution is -0.202. The minimum atomic E-state index is -3.72. The van der Waals surface area contributed by atoms with Gasteiger partial charge < -0.3 is 0 Å². The van der Waals surface area contributed by atoms with Crippen LogP contribution >= 0.6 is 0 Å². The first kappa shape index (κ1) is 9.81. The molecule has 4 heteroatoms. The van der Waals surface area contributed by atoms with E-state index < -0.39 is 30.1 Å². The van der Waals surface area contributed by atoms with Gasteiger partial charge in [0.15, 0.2) is 0 Å². The van der Waals surface area contributed by atoms with Crippen LogP contribution in [-0.4, -0.2) is 11.8 Å². The van der Waals surface area contributed by atoms with Crippen molar-refractivity contribution in [1.82, 2.24) is 0 Å². The number of hydrogen-bond donors (Lipinski definition) is 0. The Balaban J connectivity index is 0.000000336. The second-order valence-electron chi connectivity index (χ2n) is 3.13. The van der Waals surface area contributed by atoms with Crippen LogP contribution in [-0.2, 0) is 0 Å². The Morgan fingerprint density at radius 2 is 1.58 bits per heavy atom. The molecule has 2 rings (SSSR count). The largest absolute Gasteiger partial charge is 0.313 e. The van der Waals surface area contributed by atoms with E-state index in [0.717, 1.165) is 0 Å². The molecule has 0 spiro atoms. The SMILES string of the molecule is CC.FC1(F)CC2CC2C1(F)F. The molecule has 0 nitrogen and oxygen atoms in total. The molecular weight excluding hydrogens is 172 g/mol. The van der Waals surface area contributed by atoms with E-state index in [1.165, 1.54) is 0 Å². The Bertz CT molecular complexity index is 176. The summed E-state index contributed by atoms with van der Waals surface area (Å²) in [6.07, 6.45) is -0.312. The molecule has 0 bridgehead atoms. The van der Waals surface area contributed by atoms with Gasteiger partial charge in [-0.2, -0.15) is 17.6 Å². The highest BCUT2D eigenvalue weighted by Crippen LogP contribution is 2.66. The van der Waals surface area contributed by atoms with Gasteiger partial charge in [0.05, 0.1) is 0 Å². The molecule has 72 valence electrons. The summed E-state index contributed by atoms with van der Waals surface area (Å²) in [6.45, 7) is 4.00. The molecule has 2 aliphatic carbocycles. The maximum atomic E-state index is 12.4. The van der Waals surface area contributed by atoms with E-state index in [9.17, 15) is 17.6 Å². The second-order valence-corrected chi connectivity index (χ2v) is 3.13. The molecule has 0 aliphatic heterocycles. The van der Waals surface area contributed by atoms with Crippen molar-refractivity contribution in [2.45, 2.75) is 38.5 Å². The lowest BCUT2D eigenvalue weighted by atomic mass is 10.1.